The van der Waals surface area contributed by atoms with Crippen LogP contribution in [0.15, 0.2) is 12.1 Å². The number of esters is 6. The minimum Gasteiger partial charge on any atom is -0.493 e. The van der Waals surface area contributed by atoms with Crippen molar-refractivity contribution in [2.24, 2.45) is 0 Å². The topological polar surface area (TPSA) is 176 Å². The van der Waals surface area contributed by atoms with E-state index in [1.807, 2.05) is 0 Å². The molecule has 14 nitrogen and oxygen atoms in total. The molecule has 2 atom stereocenters. The van der Waals surface area contributed by atoms with E-state index < -0.39 is 74.1 Å². The number of unbranched alkanes of at least 4 members (excludes halogenated alkanes) is 12. The van der Waals surface area contributed by atoms with Gasteiger partial charge in [-0.1, -0.05) is 97.8 Å². The molecule has 14 heteroatoms. The Balaban J connectivity index is 3.09. The monoisotopic (exact) mass is 808 g/mol. The summed E-state index contributed by atoms with van der Waals surface area (Å²) in [6, 6.07) is 2.68. The van der Waals surface area contributed by atoms with Crippen LogP contribution in [0, 0.1) is 0 Å². The summed E-state index contributed by atoms with van der Waals surface area (Å²) in [6.45, 7) is 7.19. The van der Waals surface area contributed by atoms with Gasteiger partial charge in [0.1, 0.15) is 13.2 Å². The van der Waals surface area contributed by atoms with E-state index in [0.29, 0.717) is 19.3 Å². The van der Waals surface area contributed by atoms with E-state index in [9.17, 15) is 28.8 Å². The lowest BCUT2D eigenvalue weighted by Crippen LogP contribution is -2.42. The van der Waals surface area contributed by atoms with Gasteiger partial charge in [0.15, 0.2) is 23.7 Å². The SMILES string of the molecule is CCCCCCCC(=O)OCC(OC(=O)CCCCCCC)C(COC(=O)CCC(=O)Oc1c(OC)cc(C(=O)OCC)cc1OC)OC(=O)CCCCCCC. The first-order valence-corrected chi connectivity index (χ1v) is 20.9. The molecule has 0 amide bonds. The van der Waals surface area contributed by atoms with E-state index in [1.165, 1.54) is 26.4 Å². The van der Waals surface area contributed by atoms with E-state index in [1.54, 1.807) is 6.92 Å². The molecule has 2 unspecified atom stereocenters. The summed E-state index contributed by atoms with van der Waals surface area (Å²) in [5.74, 6) is -3.92. The predicted octanol–water partition coefficient (Wildman–Crippen LogP) is 8.56. The van der Waals surface area contributed by atoms with Crippen LogP contribution < -0.4 is 14.2 Å². The van der Waals surface area contributed by atoms with Crippen molar-refractivity contribution in [1.29, 1.82) is 0 Å². The number of rotatable bonds is 33. The summed E-state index contributed by atoms with van der Waals surface area (Å²) >= 11 is 0. The zero-order chi connectivity index (χ0) is 42.3. The molecule has 1 aromatic rings. The minimum atomic E-state index is -1.28. The first kappa shape index (κ1) is 50.7. The fraction of sp³-hybridized carbons (Fsp3) is 0.721. The van der Waals surface area contributed by atoms with Gasteiger partial charge >= 0.3 is 35.8 Å². The number of carbonyl (C=O) groups excluding carboxylic acids is 6. The van der Waals surface area contributed by atoms with E-state index in [-0.39, 0.29) is 48.7 Å². The molecule has 0 spiro atoms. The summed E-state index contributed by atoms with van der Waals surface area (Å²) in [4.78, 5) is 76.8. The lowest BCUT2D eigenvalue weighted by Gasteiger charge is -2.26. The molecule has 0 bridgehead atoms. The van der Waals surface area contributed by atoms with Gasteiger partial charge in [-0.25, -0.2) is 4.79 Å². The second-order valence-electron chi connectivity index (χ2n) is 13.8. The van der Waals surface area contributed by atoms with Crippen LogP contribution in [0.3, 0.4) is 0 Å². The van der Waals surface area contributed by atoms with Gasteiger partial charge in [0.25, 0.3) is 0 Å². The van der Waals surface area contributed by atoms with E-state index in [4.69, 9.17) is 37.9 Å². The molecule has 0 radical (unpaired) electrons. The van der Waals surface area contributed by atoms with Crippen LogP contribution in [0.25, 0.3) is 0 Å². The molecular weight excluding hydrogens is 740 g/mol. The Morgan fingerprint density at radius 3 is 1.26 bits per heavy atom. The number of carbonyl (C=O) groups is 6. The predicted molar refractivity (Wildman–Crippen MR) is 212 cm³/mol. The largest absolute Gasteiger partial charge is 0.493 e. The summed E-state index contributed by atoms with van der Waals surface area (Å²) in [5.41, 5.74) is 0.119. The maximum Gasteiger partial charge on any atom is 0.338 e. The highest BCUT2D eigenvalue weighted by atomic mass is 16.6. The standard InChI is InChI=1S/C43H68O14/c1-7-11-14-17-20-23-37(44)53-30-35(55-39(46)24-21-18-15-12-8-2)36(56-40(47)25-22-19-16-13-9-3)31-54-38(45)26-27-41(48)57-42-33(50-5)28-32(29-34(42)51-6)43(49)52-10-4/h28-29,35-36H,7-27,30-31H2,1-6H3. The maximum atomic E-state index is 13.0. The van der Waals surface area contributed by atoms with Crippen LogP contribution >= 0.6 is 0 Å². The molecule has 0 aliphatic rings. The van der Waals surface area contributed by atoms with Crippen molar-refractivity contribution < 1.29 is 66.7 Å². The van der Waals surface area contributed by atoms with Gasteiger partial charge in [-0.2, -0.15) is 0 Å². The van der Waals surface area contributed by atoms with Crippen LogP contribution in [0.4, 0.5) is 0 Å². The van der Waals surface area contributed by atoms with Gasteiger partial charge in [0, 0.05) is 19.3 Å². The van der Waals surface area contributed by atoms with E-state index in [2.05, 4.69) is 20.8 Å². The molecule has 0 saturated heterocycles. The number of benzene rings is 1. The summed E-state index contributed by atoms with van der Waals surface area (Å²) < 4.78 is 43.6. The maximum absolute atomic E-state index is 13.0. The van der Waals surface area contributed by atoms with Gasteiger partial charge in [0.05, 0.1) is 39.2 Å². The van der Waals surface area contributed by atoms with Gasteiger partial charge in [-0.3, -0.25) is 24.0 Å². The molecule has 1 aromatic carbocycles. The average Bonchev–Trinajstić information content (AvgIpc) is 3.20. The second kappa shape index (κ2) is 31.7. The molecular formula is C43H68O14. The summed E-state index contributed by atoms with van der Waals surface area (Å²) in [7, 11) is 2.64. The Kier molecular flexibility index (Phi) is 28.2. The second-order valence-corrected chi connectivity index (χ2v) is 13.8. The van der Waals surface area contributed by atoms with Gasteiger partial charge in [-0.05, 0) is 38.3 Å². The number of hydrogen-bond acceptors (Lipinski definition) is 14. The Labute approximate surface area is 339 Å². The van der Waals surface area contributed by atoms with Gasteiger partial charge in [-0.15, -0.1) is 0 Å². The first-order chi connectivity index (χ1) is 27.5. The molecule has 0 aromatic heterocycles. The molecule has 1 rings (SSSR count). The molecule has 0 aliphatic carbocycles. The van der Waals surface area contributed by atoms with Crippen LogP contribution in [0.2, 0.25) is 0 Å². The van der Waals surface area contributed by atoms with Crippen LogP contribution in [-0.4, -0.2) is 82.1 Å². The van der Waals surface area contributed by atoms with Crippen molar-refractivity contribution in [3.8, 4) is 17.2 Å². The third-order valence-corrected chi connectivity index (χ3v) is 8.97. The van der Waals surface area contributed by atoms with Crippen molar-refractivity contribution in [1.82, 2.24) is 0 Å². The van der Waals surface area contributed by atoms with Crippen molar-refractivity contribution in [3.05, 3.63) is 17.7 Å². The quantitative estimate of drug-likeness (QED) is 0.0286. The highest BCUT2D eigenvalue weighted by Gasteiger charge is 2.32. The zero-order valence-corrected chi connectivity index (χ0v) is 35.3. The smallest absolute Gasteiger partial charge is 0.338 e. The molecule has 0 N–H and O–H groups in total. The minimum absolute atomic E-state index is 0.0297. The van der Waals surface area contributed by atoms with Crippen LogP contribution in [0.1, 0.15) is 166 Å². The molecule has 324 valence electrons. The normalized spacial score (nSPS) is 11.8. The summed E-state index contributed by atoms with van der Waals surface area (Å²) in [6.07, 6.45) is 10.7. The van der Waals surface area contributed by atoms with Crippen molar-refractivity contribution >= 4 is 35.8 Å². The zero-order valence-electron chi connectivity index (χ0n) is 35.3. The molecule has 57 heavy (non-hydrogen) atoms. The highest BCUT2D eigenvalue weighted by Crippen LogP contribution is 2.39. The van der Waals surface area contributed by atoms with Crippen LogP contribution in [-0.2, 0) is 47.7 Å². The Morgan fingerprint density at radius 2 is 0.860 bits per heavy atom. The number of methoxy groups -OCH3 is 2. The van der Waals surface area contributed by atoms with Crippen molar-refractivity contribution in [3.63, 3.8) is 0 Å². The molecule has 0 fully saturated rings. The third kappa shape index (κ3) is 22.8. The van der Waals surface area contributed by atoms with Crippen LogP contribution in [0.5, 0.6) is 17.2 Å². The fourth-order valence-electron chi connectivity index (χ4n) is 5.68. The van der Waals surface area contributed by atoms with Crippen molar-refractivity contribution in [2.45, 2.75) is 168 Å². The lowest BCUT2D eigenvalue weighted by atomic mass is 10.1. The van der Waals surface area contributed by atoms with Gasteiger partial charge in [0.2, 0.25) is 5.75 Å². The van der Waals surface area contributed by atoms with E-state index >= 15 is 0 Å². The highest BCUT2D eigenvalue weighted by molar-refractivity contribution is 5.91. The van der Waals surface area contributed by atoms with Crippen molar-refractivity contribution in [2.75, 3.05) is 34.0 Å². The fourth-order valence-corrected chi connectivity index (χ4v) is 5.68. The molecule has 0 saturated carbocycles. The molecule has 0 heterocycles. The van der Waals surface area contributed by atoms with E-state index in [0.717, 1.165) is 77.0 Å². The number of ether oxygens (including phenoxy) is 8. The Morgan fingerprint density at radius 1 is 0.474 bits per heavy atom. The first-order valence-electron chi connectivity index (χ1n) is 20.9. The summed E-state index contributed by atoms with van der Waals surface area (Å²) in [5, 5.41) is 0. The number of hydrogen-bond donors (Lipinski definition) is 0. The average molecular weight is 809 g/mol. The Hall–Kier alpha value is -4.36. The lowest BCUT2D eigenvalue weighted by molar-refractivity contribution is -0.183. The molecule has 0 aliphatic heterocycles. The third-order valence-electron chi connectivity index (χ3n) is 8.97. The Bertz CT molecular complexity index is 1320. The van der Waals surface area contributed by atoms with Gasteiger partial charge < -0.3 is 37.9 Å².